The third-order valence-corrected chi connectivity index (χ3v) is 2.32. The van der Waals surface area contributed by atoms with E-state index in [0.29, 0.717) is 11.3 Å². The maximum atomic E-state index is 12.7. The van der Waals surface area contributed by atoms with Crippen LogP contribution in [-0.4, -0.2) is 17.5 Å². The quantitative estimate of drug-likeness (QED) is 0.784. The molecule has 1 aromatic carbocycles. The second-order valence-electron chi connectivity index (χ2n) is 3.70. The van der Waals surface area contributed by atoms with E-state index in [1.807, 2.05) is 0 Å². The summed E-state index contributed by atoms with van der Waals surface area (Å²) in [5.74, 6) is -0.329. The monoisotopic (exact) mass is 271 g/mol. The first kappa shape index (κ1) is 13.3. The lowest BCUT2D eigenvalue weighted by Crippen LogP contribution is -2.33. The van der Waals surface area contributed by atoms with Gasteiger partial charge >= 0.3 is 12.5 Å². The molecule has 0 amide bonds. The van der Waals surface area contributed by atoms with Crippen LogP contribution in [0.25, 0.3) is 11.3 Å². The zero-order valence-corrected chi connectivity index (χ0v) is 9.56. The van der Waals surface area contributed by atoms with E-state index in [4.69, 9.17) is 0 Å². The molecule has 0 saturated heterocycles. The average Bonchev–Trinajstić information content (AvgIpc) is 2.40. The van der Waals surface area contributed by atoms with Crippen molar-refractivity contribution >= 4 is 0 Å². The van der Waals surface area contributed by atoms with Gasteiger partial charge in [-0.15, -0.1) is 0 Å². The molecule has 19 heavy (non-hydrogen) atoms. The van der Waals surface area contributed by atoms with Gasteiger partial charge < -0.3 is 4.74 Å². The summed E-state index contributed by atoms with van der Waals surface area (Å²) >= 11 is 0. The van der Waals surface area contributed by atoms with Gasteiger partial charge in [0.15, 0.2) is 0 Å². The molecule has 0 unspecified atom stereocenters. The van der Waals surface area contributed by atoms with Gasteiger partial charge in [0.2, 0.25) is 0 Å². The van der Waals surface area contributed by atoms with Gasteiger partial charge in [0.1, 0.15) is 5.75 Å². The molecule has 1 aromatic heterocycles. The van der Waals surface area contributed by atoms with Crippen LogP contribution in [0, 0.1) is 0 Å². The molecule has 0 fully saturated rings. The van der Waals surface area contributed by atoms with E-state index >= 15 is 0 Å². The third-order valence-electron chi connectivity index (χ3n) is 2.32. The van der Waals surface area contributed by atoms with Gasteiger partial charge in [-0.1, -0.05) is 6.07 Å². The zero-order chi connectivity index (χ0) is 13.9. The van der Waals surface area contributed by atoms with Gasteiger partial charge in [0.25, 0.3) is 0 Å². The number of aromatic nitrogens is 1. The number of rotatable bonds is 4. The van der Waals surface area contributed by atoms with Crippen LogP contribution < -0.4 is 4.74 Å². The molecule has 0 aliphatic carbocycles. The fraction of sp³-hybridized carbons (Fsp3) is 0.154. The van der Waals surface area contributed by atoms with Crippen LogP contribution in [-0.2, 0) is 0 Å². The van der Waals surface area contributed by atoms with Crippen molar-refractivity contribution in [1.82, 2.24) is 4.98 Å². The van der Waals surface area contributed by atoms with Crippen LogP contribution in [0.1, 0.15) is 0 Å². The minimum atomic E-state index is -4.49. The Kier molecular flexibility index (Phi) is 3.69. The van der Waals surface area contributed by atoms with Crippen LogP contribution in [0.2, 0.25) is 0 Å². The number of hydrogen-bond donors (Lipinski definition) is 0. The Morgan fingerprint density at radius 3 is 2.21 bits per heavy atom. The van der Waals surface area contributed by atoms with E-state index in [-0.39, 0.29) is 5.75 Å². The molecule has 0 saturated carbocycles. The normalized spacial score (nSPS) is 11.6. The Morgan fingerprint density at radius 2 is 1.68 bits per heavy atom. The lowest BCUT2D eigenvalue weighted by atomic mass is 10.1. The van der Waals surface area contributed by atoms with Crippen molar-refractivity contribution in [2.24, 2.45) is 0 Å². The number of halogens is 4. The van der Waals surface area contributed by atoms with Gasteiger partial charge in [0.05, 0.1) is 5.69 Å². The van der Waals surface area contributed by atoms with Crippen molar-refractivity contribution in [3.05, 3.63) is 48.7 Å². The van der Waals surface area contributed by atoms with E-state index in [1.165, 1.54) is 24.3 Å². The molecular formula is C13H9F4NO. The number of hydrogen-bond acceptors (Lipinski definition) is 2. The largest absolute Gasteiger partial charge is 0.461 e. The predicted molar refractivity (Wildman–Crippen MR) is 61.3 cm³/mol. The molecule has 2 aromatic rings. The van der Waals surface area contributed by atoms with Gasteiger partial charge in [-0.05, 0) is 36.4 Å². The Balaban J connectivity index is 2.16. The SMILES string of the molecule is FC(F)C(F)(F)Oc1ccc(-c2ccccn2)cc1. The molecule has 0 N–H and O–H groups in total. The minimum Gasteiger partial charge on any atom is -0.428 e. The highest BCUT2D eigenvalue weighted by atomic mass is 19.3. The predicted octanol–water partition coefficient (Wildman–Crippen LogP) is 3.99. The second kappa shape index (κ2) is 5.26. The number of alkyl halides is 4. The minimum absolute atomic E-state index is 0.329. The summed E-state index contributed by atoms with van der Waals surface area (Å²) in [6.45, 7) is 0. The van der Waals surface area contributed by atoms with Crippen molar-refractivity contribution in [2.45, 2.75) is 12.5 Å². The summed E-state index contributed by atoms with van der Waals surface area (Å²) in [7, 11) is 0. The lowest BCUT2D eigenvalue weighted by molar-refractivity contribution is -0.253. The molecule has 1 heterocycles. The van der Waals surface area contributed by atoms with Gasteiger partial charge in [-0.25, -0.2) is 0 Å². The highest BCUT2D eigenvalue weighted by molar-refractivity contribution is 5.59. The van der Waals surface area contributed by atoms with Crippen LogP contribution in [0.3, 0.4) is 0 Å². The highest BCUT2D eigenvalue weighted by Gasteiger charge is 2.43. The summed E-state index contributed by atoms with van der Waals surface area (Å²) in [5, 5.41) is 0. The van der Waals surface area contributed by atoms with Crippen LogP contribution in [0.4, 0.5) is 17.6 Å². The molecule has 0 atom stereocenters. The van der Waals surface area contributed by atoms with Gasteiger partial charge in [0, 0.05) is 11.8 Å². The van der Waals surface area contributed by atoms with E-state index < -0.39 is 12.5 Å². The zero-order valence-electron chi connectivity index (χ0n) is 9.56. The Morgan fingerprint density at radius 1 is 1.00 bits per heavy atom. The molecule has 0 bridgehead atoms. The van der Waals surface area contributed by atoms with Crippen molar-refractivity contribution in [2.75, 3.05) is 0 Å². The smallest absolute Gasteiger partial charge is 0.428 e. The van der Waals surface area contributed by atoms with E-state index in [1.54, 1.807) is 24.4 Å². The summed E-state index contributed by atoms with van der Waals surface area (Å²) in [5.41, 5.74) is 1.32. The molecular weight excluding hydrogens is 262 g/mol. The van der Waals surface area contributed by atoms with Crippen LogP contribution >= 0.6 is 0 Å². The topological polar surface area (TPSA) is 22.1 Å². The molecule has 0 aliphatic rings. The van der Waals surface area contributed by atoms with Gasteiger partial charge in [-0.2, -0.15) is 17.6 Å². The van der Waals surface area contributed by atoms with Crippen LogP contribution in [0.5, 0.6) is 5.75 Å². The molecule has 0 spiro atoms. The van der Waals surface area contributed by atoms with Crippen molar-refractivity contribution in [3.8, 4) is 17.0 Å². The summed E-state index contributed by atoms with van der Waals surface area (Å²) in [4.78, 5) is 4.07. The highest BCUT2D eigenvalue weighted by Crippen LogP contribution is 2.28. The molecule has 2 rings (SSSR count). The second-order valence-corrected chi connectivity index (χ2v) is 3.70. The number of pyridine rings is 1. The Bertz CT molecular complexity index is 528. The fourth-order valence-electron chi connectivity index (χ4n) is 1.43. The first-order chi connectivity index (χ1) is 8.99. The number of nitrogens with zero attached hydrogens (tertiary/aromatic N) is 1. The Labute approximate surface area is 106 Å². The molecule has 0 aliphatic heterocycles. The standard InChI is InChI=1S/C13H9F4NO/c14-12(15)13(16,17)19-10-6-4-9(5-7-10)11-3-1-2-8-18-11/h1-8,12H. The van der Waals surface area contributed by atoms with E-state index in [2.05, 4.69) is 9.72 Å². The fourth-order valence-corrected chi connectivity index (χ4v) is 1.43. The Hall–Kier alpha value is -2.11. The third kappa shape index (κ3) is 3.21. The molecule has 2 nitrogen and oxygen atoms in total. The summed E-state index contributed by atoms with van der Waals surface area (Å²) < 4.78 is 53.2. The van der Waals surface area contributed by atoms with Gasteiger partial charge in [-0.3, -0.25) is 4.98 Å². The molecule has 100 valence electrons. The molecule has 0 radical (unpaired) electrons. The first-order valence-corrected chi connectivity index (χ1v) is 5.35. The summed E-state index contributed by atoms with van der Waals surface area (Å²) in [6.07, 6.45) is -6.78. The van der Waals surface area contributed by atoms with Crippen molar-refractivity contribution in [3.63, 3.8) is 0 Å². The molecule has 6 heteroatoms. The summed E-state index contributed by atoms with van der Waals surface area (Å²) in [6, 6.07) is 10.6. The lowest BCUT2D eigenvalue weighted by Gasteiger charge is -2.16. The first-order valence-electron chi connectivity index (χ1n) is 5.35. The van der Waals surface area contributed by atoms with Crippen LogP contribution in [0.15, 0.2) is 48.7 Å². The van der Waals surface area contributed by atoms with Crippen molar-refractivity contribution in [1.29, 1.82) is 0 Å². The van der Waals surface area contributed by atoms with Crippen molar-refractivity contribution < 1.29 is 22.3 Å². The average molecular weight is 271 g/mol. The number of ether oxygens (including phenoxy) is 1. The van der Waals surface area contributed by atoms with E-state index in [0.717, 1.165) is 0 Å². The van der Waals surface area contributed by atoms with E-state index in [9.17, 15) is 17.6 Å². The maximum Gasteiger partial charge on any atom is 0.461 e. The number of benzene rings is 1. The maximum absolute atomic E-state index is 12.7.